The zero-order valence-electron chi connectivity index (χ0n) is 11.7. The van der Waals surface area contributed by atoms with Crippen molar-refractivity contribution in [3.8, 4) is 0 Å². The molecule has 7 nitrogen and oxygen atoms in total. The van der Waals surface area contributed by atoms with Crippen LogP contribution in [0.2, 0.25) is 0 Å². The molecule has 0 aliphatic heterocycles. The Balaban J connectivity index is 4.03. The number of ether oxygens (including phenoxy) is 1. The monoisotopic (exact) mass is 273 g/mol. The average molecular weight is 273 g/mol. The van der Waals surface area contributed by atoms with Crippen LogP contribution >= 0.6 is 0 Å². The van der Waals surface area contributed by atoms with Gasteiger partial charge >= 0.3 is 5.97 Å². The van der Waals surface area contributed by atoms with Crippen LogP contribution in [0.1, 0.15) is 13.8 Å². The molecule has 0 aromatic rings. The lowest BCUT2D eigenvalue weighted by molar-refractivity contribution is -0.143. The largest absolute Gasteiger partial charge is 0.459 e. The van der Waals surface area contributed by atoms with Crippen molar-refractivity contribution in [2.45, 2.75) is 19.9 Å². The normalized spacial score (nSPS) is 12.3. The SMILES string of the molecule is CC(=N)COC(=O)CN(C)[C@H](C)C(=O)CNCCO. The van der Waals surface area contributed by atoms with Crippen LogP contribution in [0, 0.1) is 5.41 Å². The molecule has 0 aliphatic rings. The number of likely N-dealkylation sites (N-methyl/N-ethyl adjacent to an activating group) is 1. The number of rotatable bonds is 10. The lowest BCUT2D eigenvalue weighted by Gasteiger charge is -2.22. The Bertz CT molecular complexity index is 320. The molecule has 0 bridgehead atoms. The first-order valence-corrected chi connectivity index (χ1v) is 6.12. The Kier molecular flexibility index (Phi) is 8.94. The third-order valence-electron chi connectivity index (χ3n) is 2.54. The molecule has 3 N–H and O–H groups in total. The molecule has 0 aliphatic carbocycles. The molecule has 1 atom stereocenters. The molecule has 0 unspecified atom stereocenters. The smallest absolute Gasteiger partial charge is 0.320 e. The summed E-state index contributed by atoms with van der Waals surface area (Å²) in [6.07, 6.45) is 0. The molecule has 0 rings (SSSR count). The minimum Gasteiger partial charge on any atom is -0.459 e. The summed E-state index contributed by atoms with van der Waals surface area (Å²) in [6, 6.07) is -0.417. The number of nitrogens with one attached hydrogen (secondary N) is 2. The molecule has 0 spiro atoms. The van der Waals surface area contributed by atoms with Crippen molar-refractivity contribution in [1.82, 2.24) is 10.2 Å². The van der Waals surface area contributed by atoms with E-state index in [1.165, 1.54) is 0 Å². The summed E-state index contributed by atoms with van der Waals surface area (Å²) in [5, 5.41) is 18.5. The van der Waals surface area contributed by atoms with E-state index in [0.29, 0.717) is 6.54 Å². The third-order valence-corrected chi connectivity index (χ3v) is 2.54. The summed E-state index contributed by atoms with van der Waals surface area (Å²) >= 11 is 0. The van der Waals surface area contributed by atoms with E-state index in [1.807, 2.05) is 0 Å². The standard InChI is InChI=1S/C12H23N3O4/c1-9(13)8-19-12(18)7-15(3)10(2)11(17)6-14-4-5-16/h10,13-14,16H,4-8H2,1-3H3/t10-/m1/s1. The Morgan fingerprint density at radius 2 is 2.11 bits per heavy atom. The summed E-state index contributed by atoms with van der Waals surface area (Å²) in [5.74, 6) is -0.524. The Morgan fingerprint density at radius 1 is 1.47 bits per heavy atom. The maximum absolute atomic E-state index is 11.7. The van der Waals surface area contributed by atoms with E-state index >= 15 is 0 Å². The van der Waals surface area contributed by atoms with Crippen LogP contribution in [0.4, 0.5) is 0 Å². The molecule has 0 aromatic heterocycles. The average Bonchev–Trinajstić information content (AvgIpc) is 2.35. The number of carbonyl (C=O) groups excluding carboxylic acids is 2. The molecule has 0 fully saturated rings. The predicted octanol–water partition coefficient (Wildman–Crippen LogP) is -0.959. The number of aliphatic hydroxyl groups is 1. The van der Waals surface area contributed by atoms with E-state index in [-0.39, 0.29) is 37.8 Å². The van der Waals surface area contributed by atoms with Gasteiger partial charge in [0.05, 0.1) is 25.7 Å². The quantitative estimate of drug-likeness (QED) is 0.269. The van der Waals surface area contributed by atoms with E-state index in [0.717, 1.165) is 0 Å². The van der Waals surface area contributed by atoms with Crippen molar-refractivity contribution in [2.75, 3.05) is 39.9 Å². The van der Waals surface area contributed by atoms with E-state index in [1.54, 1.807) is 25.8 Å². The lowest BCUT2D eigenvalue weighted by atomic mass is 10.2. The molecular weight excluding hydrogens is 250 g/mol. The van der Waals surface area contributed by atoms with Crippen molar-refractivity contribution in [3.05, 3.63) is 0 Å². The number of aliphatic hydroxyl groups excluding tert-OH is 1. The van der Waals surface area contributed by atoms with Crippen LogP contribution in [-0.4, -0.2) is 73.4 Å². The molecule has 0 heterocycles. The fourth-order valence-electron chi connectivity index (χ4n) is 1.26. The Morgan fingerprint density at radius 3 is 2.63 bits per heavy atom. The number of nitrogens with zero attached hydrogens (tertiary/aromatic N) is 1. The van der Waals surface area contributed by atoms with Gasteiger partial charge in [-0.2, -0.15) is 0 Å². The number of esters is 1. The van der Waals surface area contributed by atoms with E-state index in [2.05, 4.69) is 5.32 Å². The second-order valence-corrected chi connectivity index (χ2v) is 4.40. The highest BCUT2D eigenvalue weighted by Gasteiger charge is 2.20. The van der Waals surface area contributed by atoms with Gasteiger partial charge in [0.1, 0.15) is 6.61 Å². The highest BCUT2D eigenvalue weighted by Crippen LogP contribution is 1.97. The van der Waals surface area contributed by atoms with Gasteiger partial charge in [-0.25, -0.2) is 0 Å². The first-order chi connectivity index (χ1) is 8.88. The summed E-state index contributed by atoms with van der Waals surface area (Å²) in [7, 11) is 1.66. The second kappa shape index (κ2) is 9.60. The van der Waals surface area contributed by atoms with Crippen LogP contribution < -0.4 is 5.32 Å². The van der Waals surface area contributed by atoms with Crippen molar-refractivity contribution >= 4 is 17.5 Å². The highest BCUT2D eigenvalue weighted by atomic mass is 16.5. The van der Waals surface area contributed by atoms with Crippen molar-refractivity contribution in [3.63, 3.8) is 0 Å². The van der Waals surface area contributed by atoms with Gasteiger partial charge in [0.15, 0.2) is 5.78 Å². The van der Waals surface area contributed by atoms with Gasteiger partial charge in [-0.05, 0) is 20.9 Å². The molecule has 19 heavy (non-hydrogen) atoms. The number of hydrogen-bond donors (Lipinski definition) is 3. The fourth-order valence-corrected chi connectivity index (χ4v) is 1.26. The van der Waals surface area contributed by atoms with Gasteiger partial charge in [-0.15, -0.1) is 0 Å². The summed E-state index contributed by atoms with van der Waals surface area (Å²) in [4.78, 5) is 24.7. The lowest BCUT2D eigenvalue weighted by Crippen LogP contribution is -2.43. The molecule has 0 radical (unpaired) electrons. The molecule has 0 aromatic carbocycles. The molecule has 0 amide bonds. The summed E-state index contributed by atoms with van der Waals surface area (Å²) in [6.45, 7) is 3.73. The number of hydrogen-bond acceptors (Lipinski definition) is 7. The Hall–Kier alpha value is -1.31. The van der Waals surface area contributed by atoms with E-state index in [9.17, 15) is 9.59 Å². The fraction of sp³-hybridized carbons (Fsp3) is 0.750. The molecule has 0 saturated heterocycles. The summed E-state index contributed by atoms with van der Waals surface area (Å²) < 4.78 is 4.84. The van der Waals surface area contributed by atoms with Crippen LogP contribution in [0.15, 0.2) is 0 Å². The topological polar surface area (TPSA) is 103 Å². The zero-order chi connectivity index (χ0) is 14.8. The van der Waals surface area contributed by atoms with E-state index < -0.39 is 12.0 Å². The number of carbonyl (C=O) groups is 2. The summed E-state index contributed by atoms with van der Waals surface area (Å²) in [5.41, 5.74) is 0.272. The van der Waals surface area contributed by atoms with Gasteiger partial charge in [-0.3, -0.25) is 14.5 Å². The van der Waals surface area contributed by atoms with Crippen LogP contribution in [0.25, 0.3) is 0 Å². The molecule has 0 saturated carbocycles. The van der Waals surface area contributed by atoms with E-state index in [4.69, 9.17) is 15.3 Å². The predicted molar refractivity (Wildman–Crippen MR) is 71.4 cm³/mol. The first-order valence-electron chi connectivity index (χ1n) is 6.12. The van der Waals surface area contributed by atoms with Gasteiger partial charge in [0.2, 0.25) is 0 Å². The minimum atomic E-state index is -0.461. The maximum Gasteiger partial charge on any atom is 0.320 e. The zero-order valence-corrected chi connectivity index (χ0v) is 11.7. The van der Waals surface area contributed by atoms with Crippen molar-refractivity contribution in [2.24, 2.45) is 0 Å². The highest BCUT2D eigenvalue weighted by molar-refractivity contribution is 5.86. The molecule has 7 heteroatoms. The van der Waals surface area contributed by atoms with Gasteiger partial charge in [0, 0.05) is 12.3 Å². The van der Waals surface area contributed by atoms with Gasteiger partial charge < -0.3 is 20.6 Å². The maximum atomic E-state index is 11.7. The van der Waals surface area contributed by atoms with Crippen molar-refractivity contribution < 1.29 is 19.4 Å². The van der Waals surface area contributed by atoms with Gasteiger partial charge in [0.25, 0.3) is 0 Å². The molecular formula is C12H23N3O4. The van der Waals surface area contributed by atoms with Gasteiger partial charge in [-0.1, -0.05) is 0 Å². The first kappa shape index (κ1) is 17.7. The number of ketones is 1. The van der Waals surface area contributed by atoms with Crippen LogP contribution in [0.5, 0.6) is 0 Å². The third kappa shape index (κ3) is 8.41. The minimum absolute atomic E-state index is 0.000185. The second-order valence-electron chi connectivity index (χ2n) is 4.40. The van der Waals surface area contributed by atoms with Crippen LogP contribution in [-0.2, 0) is 14.3 Å². The Labute approximate surface area is 113 Å². The van der Waals surface area contributed by atoms with Crippen molar-refractivity contribution in [1.29, 1.82) is 5.41 Å². The number of Topliss-reactive ketones (excluding diaryl/α,β-unsaturated/α-hetero) is 1. The molecule has 110 valence electrons. The van der Waals surface area contributed by atoms with Crippen LogP contribution in [0.3, 0.4) is 0 Å².